The van der Waals surface area contributed by atoms with Crippen LogP contribution in [0.25, 0.3) is 0 Å². The lowest BCUT2D eigenvalue weighted by atomic mass is 9.85. The van der Waals surface area contributed by atoms with Crippen molar-refractivity contribution >= 4 is 27.5 Å². The molecule has 0 heterocycles. The standard InChI is InChI=1S/C14H11BrClF2N/c1-14(19,10-4-2-8(15)6-12(10)16)11-5-3-9(17)7-13(11)18/h2-7H,19H2,1H3. The molecule has 0 aliphatic rings. The molecule has 0 amide bonds. The molecule has 0 spiro atoms. The Kier molecular flexibility index (Phi) is 3.95. The van der Waals surface area contributed by atoms with Crippen LogP contribution in [0.15, 0.2) is 40.9 Å². The first kappa shape index (κ1) is 14.4. The third-order valence-corrected chi connectivity index (χ3v) is 3.79. The molecule has 0 bridgehead atoms. The zero-order valence-electron chi connectivity index (χ0n) is 10.1. The van der Waals surface area contributed by atoms with E-state index < -0.39 is 17.2 Å². The van der Waals surface area contributed by atoms with Crippen molar-refractivity contribution in [2.24, 2.45) is 5.73 Å². The number of hydrogen-bond donors (Lipinski definition) is 1. The van der Waals surface area contributed by atoms with Crippen LogP contribution in [0, 0.1) is 11.6 Å². The molecule has 1 unspecified atom stereocenters. The minimum absolute atomic E-state index is 0.193. The van der Waals surface area contributed by atoms with Crippen LogP contribution >= 0.6 is 27.5 Å². The minimum atomic E-state index is -1.14. The van der Waals surface area contributed by atoms with Gasteiger partial charge in [-0.2, -0.15) is 0 Å². The smallest absolute Gasteiger partial charge is 0.131 e. The lowest BCUT2D eigenvalue weighted by Crippen LogP contribution is -2.35. The van der Waals surface area contributed by atoms with E-state index in [0.717, 1.165) is 10.5 Å². The molecule has 19 heavy (non-hydrogen) atoms. The van der Waals surface area contributed by atoms with Crippen molar-refractivity contribution < 1.29 is 8.78 Å². The van der Waals surface area contributed by atoms with Crippen LogP contribution in [-0.2, 0) is 5.54 Å². The van der Waals surface area contributed by atoms with Crippen LogP contribution in [0.2, 0.25) is 5.02 Å². The molecule has 2 aromatic rings. The summed E-state index contributed by atoms with van der Waals surface area (Å²) in [4.78, 5) is 0. The Hall–Kier alpha value is -0.970. The van der Waals surface area contributed by atoms with Crippen LogP contribution in [0.3, 0.4) is 0 Å². The van der Waals surface area contributed by atoms with E-state index in [0.29, 0.717) is 10.6 Å². The monoisotopic (exact) mass is 345 g/mol. The first-order valence-electron chi connectivity index (χ1n) is 5.52. The van der Waals surface area contributed by atoms with E-state index in [1.807, 2.05) is 0 Å². The molecular formula is C14H11BrClF2N. The van der Waals surface area contributed by atoms with Crippen LogP contribution in [-0.4, -0.2) is 0 Å². The van der Waals surface area contributed by atoms with Crippen molar-refractivity contribution in [3.63, 3.8) is 0 Å². The summed E-state index contributed by atoms with van der Waals surface area (Å²) in [7, 11) is 0. The molecule has 0 saturated heterocycles. The average Bonchev–Trinajstić information content (AvgIpc) is 2.27. The molecule has 0 saturated carbocycles. The van der Waals surface area contributed by atoms with E-state index in [1.54, 1.807) is 25.1 Å². The molecule has 2 N–H and O–H groups in total. The van der Waals surface area contributed by atoms with Gasteiger partial charge in [-0.25, -0.2) is 8.78 Å². The van der Waals surface area contributed by atoms with Gasteiger partial charge in [0.25, 0.3) is 0 Å². The molecule has 0 aromatic heterocycles. The molecule has 2 rings (SSSR count). The second-order valence-corrected chi connectivity index (χ2v) is 5.77. The first-order chi connectivity index (χ1) is 8.82. The summed E-state index contributed by atoms with van der Waals surface area (Å²) in [6.07, 6.45) is 0. The molecule has 0 aliphatic carbocycles. The fourth-order valence-electron chi connectivity index (χ4n) is 1.97. The summed E-state index contributed by atoms with van der Waals surface area (Å²) < 4.78 is 27.6. The Balaban J connectivity index is 2.58. The van der Waals surface area contributed by atoms with Gasteiger partial charge in [0.2, 0.25) is 0 Å². The van der Waals surface area contributed by atoms with E-state index in [4.69, 9.17) is 17.3 Å². The van der Waals surface area contributed by atoms with E-state index in [-0.39, 0.29) is 5.56 Å². The van der Waals surface area contributed by atoms with Gasteiger partial charge in [0.15, 0.2) is 0 Å². The number of benzene rings is 2. The fourth-order valence-corrected chi connectivity index (χ4v) is 2.84. The lowest BCUT2D eigenvalue weighted by Gasteiger charge is -2.27. The van der Waals surface area contributed by atoms with Gasteiger partial charge in [-0.1, -0.05) is 39.7 Å². The number of nitrogens with two attached hydrogens (primary N) is 1. The maximum Gasteiger partial charge on any atom is 0.131 e. The van der Waals surface area contributed by atoms with E-state index in [2.05, 4.69) is 15.9 Å². The average molecular weight is 347 g/mol. The Morgan fingerprint density at radius 2 is 1.74 bits per heavy atom. The van der Waals surface area contributed by atoms with Gasteiger partial charge in [0.05, 0.1) is 5.54 Å². The number of hydrogen-bond acceptors (Lipinski definition) is 1. The van der Waals surface area contributed by atoms with Crippen molar-refractivity contribution in [1.29, 1.82) is 0 Å². The highest BCUT2D eigenvalue weighted by molar-refractivity contribution is 9.10. The Bertz CT molecular complexity index is 575. The zero-order chi connectivity index (χ0) is 14.2. The molecule has 0 radical (unpaired) electrons. The molecule has 1 atom stereocenters. The summed E-state index contributed by atoms with van der Waals surface area (Å²) in [5, 5.41) is 0.420. The second kappa shape index (κ2) is 5.19. The molecule has 5 heteroatoms. The molecule has 1 nitrogen and oxygen atoms in total. The second-order valence-electron chi connectivity index (χ2n) is 4.45. The fraction of sp³-hybridized carbons (Fsp3) is 0.143. The van der Waals surface area contributed by atoms with Gasteiger partial charge < -0.3 is 5.73 Å². The predicted molar refractivity (Wildman–Crippen MR) is 76.2 cm³/mol. The maximum absolute atomic E-state index is 13.9. The van der Waals surface area contributed by atoms with Crippen molar-refractivity contribution in [3.8, 4) is 0 Å². The normalized spacial score (nSPS) is 14.2. The van der Waals surface area contributed by atoms with Gasteiger partial charge in [-0.3, -0.25) is 0 Å². The largest absolute Gasteiger partial charge is 0.318 e. The van der Waals surface area contributed by atoms with Crippen molar-refractivity contribution in [1.82, 2.24) is 0 Å². The lowest BCUT2D eigenvalue weighted by molar-refractivity contribution is 0.518. The predicted octanol–water partition coefficient (Wildman–Crippen LogP) is 4.60. The highest BCUT2D eigenvalue weighted by Gasteiger charge is 2.29. The Morgan fingerprint density at radius 3 is 2.32 bits per heavy atom. The maximum atomic E-state index is 13.9. The molecule has 100 valence electrons. The highest BCUT2D eigenvalue weighted by atomic mass is 79.9. The van der Waals surface area contributed by atoms with Gasteiger partial charge in [-0.05, 0) is 30.7 Å². The summed E-state index contributed by atoms with van der Waals surface area (Å²) >= 11 is 9.44. The third kappa shape index (κ3) is 2.81. The van der Waals surface area contributed by atoms with Crippen molar-refractivity contribution in [2.75, 3.05) is 0 Å². The quantitative estimate of drug-likeness (QED) is 0.845. The van der Waals surface area contributed by atoms with Crippen molar-refractivity contribution in [3.05, 3.63) is 68.7 Å². The zero-order valence-corrected chi connectivity index (χ0v) is 12.4. The summed E-state index contributed by atoms with van der Waals surface area (Å²) in [6, 6.07) is 8.50. The van der Waals surface area contributed by atoms with Gasteiger partial charge >= 0.3 is 0 Å². The number of rotatable bonds is 2. The molecular weight excluding hydrogens is 336 g/mol. The Labute approximate surface area is 123 Å². The van der Waals surface area contributed by atoms with Crippen LogP contribution in [0.4, 0.5) is 8.78 Å². The van der Waals surface area contributed by atoms with Gasteiger partial charge in [0.1, 0.15) is 11.6 Å². The van der Waals surface area contributed by atoms with Gasteiger partial charge in [0, 0.05) is 21.1 Å². The third-order valence-electron chi connectivity index (χ3n) is 2.98. The van der Waals surface area contributed by atoms with Crippen LogP contribution in [0.1, 0.15) is 18.1 Å². The minimum Gasteiger partial charge on any atom is -0.318 e. The molecule has 2 aromatic carbocycles. The first-order valence-corrected chi connectivity index (χ1v) is 6.69. The summed E-state index contributed by atoms with van der Waals surface area (Å²) in [5.41, 5.74) is 5.82. The highest BCUT2D eigenvalue weighted by Crippen LogP contribution is 2.34. The SMILES string of the molecule is CC(N)(c1ccc(F)cc1F)c1ccc(Br)cc1Cl. The summed E-state index contributed by atoms with van der Waals surface area (Å²) in [5.74, 6) is -1.33. The Morgan fingerprint density at radius 1 is 1.11 bits per heavy atom. The van der Waals surface area contributed by atoms with Crippen LogP contribution in [0.5, 0.6) is 0 Å². The number of halogens is 4. The van der Waals surface area contributed by atoms with Crippen molar-refractivity contribution in [2.45, 2.75) is 12.5 Å². The van der Waals surface area contributed by atoms with Gasteiger partial charge in [-0.15, -0.1) is 0 Å². The van der Waals surface area contributed by atoms with E-state index in [9.17, 15) is 8.78 Å². The summed E-state index contributed by atoms with van der Waals surface area (Å²) in [6.45, 7) is 1.64. The van der Waals surface area contributed by atoms with Crippen LogP contribution < -0.4 is 5.73 Å². The topological polar surface area (TPSA) is 26.0 Å². The van der Waals surface area contributed by atoms with E-state index in [1.165, 1.54) is 12.1 Å². The van der Waals surface area contributed by atoms with E-state index >= 15 is 0 Å². The molecule has 0 aliphatic heterocycles. The molecule has 0 fully saturated rings.